The van der Waals surface area contributed by atoms with Crippen molar-refractivity contribution in [1.29, 1.82) is 0 Å². The first kappa shape index (κ1) is 20.8. The third-order valence-corrected chi connectivity index (χ3v) is 6.29. The smallest absolute Gasteiger partial charge is 0.270 e. The molecule has 0 unspecified atom stereocenters. The Labute approximate surface area is 177 Å². The Morgan fingerprint density at radius 1 is 1.10 bits per heavy atom. The van der Waals surface area contributed by atoms with Crippen molar-refractivity contribution in [3.63, 3.8) is 0 Å². The number of hydrogen-bond acceptors (Lipinski definition) is 3. The molecule has 4 rings (SSSR count). The first-order chi connectivity index (χ1) is 14.6. The topological polar surface area (TPSA) is 57.6 Å². The maximum absolute atomic E-state index is 14.1. The second-order valence-corrected chi connectivity index (χ2v) is 8.26. The van der Waals surface area contributed by atoms with Crippen LogP contribution in [0.25, 0.3) is 10.9 Å². The Balaban J connectivity index is 1.63. The number of halogens is 1. The van der Waals surface area contributed by atoms with Crippen molar-refractivity contribution in [2.24, 2.45) is 0 Å². The number of nitrogens with one attached hydrogen (secondary N) is 1. The summed E-state index contributed by atoms with van der Waals surface area (Å²) in [6.45, 7) is 6.64. The van der Waals surface area contributed by atoms with Gasteiger partial charge in [-0.25, -0.2) is 4.39 Å². The molecule has 1 N–H and O–H groups in total. The van der Waals surface area contributed by atoms with E-state index in [1.807, 2.05) is 11.5 Å². The fraction of sp³-hybridized carbons (Fsp3) is 0.565. The van der Waals surface area contributed by atoms with Crippen LogP contribution in [0.5, 0.6) is 0 Å². The quantitative estimate of drug-likeness (QED) is 0.787. The van der Waals surface area contributed by atoms with E-state index in [9.17, 15) is 14.0 Å². The van der Waals surface area contributed by atoms with Crippen molar-refractivity contribution in [1.82, 2.24) is 14.8 Å². The molecule has 0 saturated carbocycles. The van der Waals surface area contributed by atoms with Crippen LogP contribution < -0.4 is 10.2 Å². The molecule has 0 atom stereocenters. The van der Waals surface area contributed by atoms with Crippen LogP contribution >= 0.6 is 0 Å². The molecule has 2 amide bonds. The van der Waals surface area contributed by atoms with E-state index in [2.05, 4.69) is 10.2 Å². The van der Waals surface area contributed by atoms with Gasteiger partial charge in [0.25, 0.3) is 5.91 Å². The molecule has 1 aromatic heterocycles. The average molecular weight is 415 g/mol. The number of amides is 2. The number of carbonyl (C=O) groups excluding carboxylic acids is 2. The fourth-order valence-corrected chi connectivity index (χ4v) is 4.80. The number of aromatic nitrogens is 1. The third kappa shape index (κ3) is 4.08. The minimum atomic E-state index is -0.364. The van der Waals surface area contributed by atoms with E-state index in [0.29, 0.717) is 42.8 Å². The molecule has 2 saturated heterocycles. The second kappa shape index (κ2) is 9.16. The molecule has 7 heteroatoms. The highest BCUT2D eigenvalue weighted by molar-refractivity contribution is 6.14. The zero-order valence-corrected chi connectivity index (χ0v) is 17.8. The molecule has 6 nitrogen and oxygen atoms in total. The summed E-state index contributed by atoms with van der Waals surface area (Å²) in [5, 5.41) is 3.69. The first-order valence-electron chi connectivity index (χ1n) is 11.2. The Kier molecular flexibility index (Phi) is 6.37. The van der Waals surface area contributed by atoms with Gasteiger partial charge in [-0.3, -0.25) is 9.59 Å². The zero-order valence-electron chi connectivity index (χ0n) is 17.8. The summed E-state index contributed by atoms with van der Waals surface area (Å²) in [5.74, 6) is -0.567. The summed E-state index contributed by atoms with van der Waals surface area (Å²) in [7, 11) is 0. The van der Waals surface area contributed by atoms with Crippen LogP contribution in [0, 0.1) is 5.82 Å². The monoisotopic (exact) mass is 414 g/mol. The summed E-state index contributed by atoms with van der Waals surface area (Å²) in [6, 6.07) is 4.55. The normalized spacial score (nSPS) is 18.2. The first-order valence-corrected chi connectivity index (χ1v) is 11.2. The van der Waals surface area contributed by atoms with Gasteiger partial charge in [0.2, 0.25) is 5.91 Å². The molecule has 0 bridgehead atoms. The highest BCUT2D eigenvalue weighted by atomic mass is 19.1. The molecule has 2 aromatic rings. The standard InChI is InChI=1S/C23H31FN4O2/c1-2-27-19-10-9-17(24)16-18(19)21(28-14-7-8-20(28)29)22(27)23(30)25-11-15-26-12-5-3-4-6-13-26/h9-10,16H,2-8,11-15H2,1H3,(H,25,30). The van der Waals surface area contributed by atoms with Gasteiger partial charge in [-0.1, -0.05) is 12.8 Å². The molecular weight excluding hydrogens is 383 g/mol. The van der Waals surface area contributed by atoms with Crippen LogP contribution in [0.2, 0.25) is 0 Å². The average Bonchev–Trinajstić information content (AvgIpc) is 3.17. The van der Waals surface area contributed by atoms with Gasteiger partial charge in [-0.05, 0) is 57.5 Å². The Morgan fingerprint density at radius 3 is 2.53 bits per heavy atom. The van der Waals surface area contributed by atoms with E-state index in [1.54, 1.807) is 11.0 Å². The van der Waals surface area contributed by atoms with Crippen LogP contribution in [-0.4, -0.2) is 54.0 Å². The summed E-state index contributed by atoms with van der Waals surface area (Å²) >= 11 is 0. The number of aryl methyl sites for hydroxylation is 1. The SMILES string of the molecule is CCn1c(C(=O)NCCN2CCCCCC2)c(N2CCCC2=O)c2cc(F)ccc21. The molecule has 0 radical (unpaired) electrons. The van der Waals surface area contributed by atoms with E-state index in [1.165, 1.54) is 37.8 Å². The van der Waals surface area contributed by atoms with Crippen LogP contribution in [0.15, 0.2) is 18.2 Å². The van der Waals surface area contributed by atoms with Crippen LogP contribution in [0.3, 0.4) is 0 Å². The molecule has 2 aliphatic heterocycles. The lowest BCUT2D eigenvalue weighted by Crippen LogP contribution is -2.37. The van der Waals surface area contributed by atoms with E-state index >= 15 is 0 Å². The fourth-order valence-electron chi connectivity index (χ4n) is 4.80. The summed E-state index contributed by atoms with van der Waals surface area (Å²) in [6.07, 6.45) is 6.20. The van der Waals surface area contributed by atoms with E-state index in [-0.39, 0.29) is 17.6 Å². The number of fused-ring (bicyclic) bond motifs is 1. The number of benzene rings is 1. The van der Waals surface area contributed by atoms with Gasteiger partial charge in [0.15, 0.2) is 0 Å². The minimum absolute atomic E-state index is 0.00645. The van der Waals surface area contributed by atoms with Gasteiger partial charge in [0, 0.05) is 38.0 Å². The number of hydrogen-bond donors (Lipinski definition) is 1. The lowest BCUT2D eigenvalue weighted by Gasteiger charge is -2.21. The summed E-state index contributed by atoms with van der Waals surface area (Å²) < 4.78 is 16.0. The van der Waals surface area contributed by atoms with Crippen molar-refractivity contribution >= 4 is 28.4 Å². The van der Waals surface area contributed by atoms with E-state index < -0.39 is 0 Å². The Hall–Kier alpha value is -2.41. The maximum atomic E-state index is 14.1. The van der Waals surface area contributed by atoms with Crippen molar-refractivity contribution in [2.45, 2.75) is 52.0 Å². The van der Waals surface area contributed by atoms with Gasteiger partial charge in [0.1, 0.15) is 11.5 Å². The van der Waals surface area contributed by atoms with Crippen LogP contribution in [0.1, 0.15) is 55.9 Å². The van der Waals surface area contributed by atoms with E-state index in [4.69, 9.17) is 0 Å². The molecule has 1 aromatic carbocycles. The predicted octanol–water partition coefficient (Wildman–Crippen LogP) is 3.53. The van der Waals surface area contributed by atoms with Gasteiger partial charge >= 0.3 is 0 Å². The largest absolute Gasteiger partial charge is 0.349 e. The number of likely N-dealkylation sites (tertiary alicyclic amines) is 1. The highest BCUT2D eigenvalue weighted by Gasteiger charge is 2.31. The van der Waals surface area contributed by atoms with E-state index in [0.717, 1.165) is 31.6 Å². The van der Waals surface area contributed by atoms with Crippen molar-refractivity contribution in [3.8, 4) is 0 Å². The molecule has 162 valence electrons. The number of carbonyl (C=O) groups is 2. The molecule has 0 spiro atoms. The molecule has 2 fully saturated rings. The molecule has 0 aliphatic carbocycles. The summed E-state index contributed by atoms with van der Waals surface area (Å²) in [5.41, 5.74) is 1.80. The molecule has 3 heterocycles. The highest BCUT2D eigenvalue weighted by Crippen LogP contribution is 2.37. The van der Waals surface area contributed by atoms with Crippen LogP contribution in [0.4, 0.5) is 10.1 Å². The Morgan fingerprint density at radius 2 is 1.87 bits per heavy atom. The van der Waals surface area contributed by atoms with Crippen molar-refractivity contribution < 1.29 is 14.0 Å². The van der Waals surface area contributed by atoms with Crippen molar-refractivity contribution in [2.75, 3.05) is 37.6 Å². The van der Waals surface area contributed by atoms with Crippen LogP contribution in [-0.2, 0) is 11.3 Å². The number of anilines is 1. The molecule has 2 aliphatic rings. The van der Waals surface area contributed by atoms with Gasteiger partial charge in [-0.2, -0.15) is 0 Å². The summed E-state index contributed by atoms with van der Waals surface area (Å²) in [4.78, 5) is 29.9. The Bertz CT molecular complexity index is 931. The number of nitrogens with zero attached hydrogens (tertiary/aromatic N) is 3. The minimum Gasteiger partial charge on any atom is -0.349 e. The third-order valence-electron chi connectivity index (χ3n) is 6.29. The van der Waals surface area contributed by atoms with Gasteiger partial charge in [0.05, 0.1) is 11.2 Å². The maximum Gasteiger partial charge on any atom is 0.270 e. The number of rotatable bonds is 6. The lowest BCUT2D eigenvalue weighted by molar-refractivity contribution is -0.117. The second-order valence-electron chi connectivity index (χ2n) is 8.26. The molecule has 30 heavy (non-hydrogen) atoms. The molecular formula is C23H31FN4O2. The predicted molar refractivity (Wildman–Crippen MR) is 116 cm³/mol. The lowest BCUT2D eigenvalue weighted by atomic mass is 10.2. The zero-order chi connectivity index (χ0) is 21.1. The van der Waals surface area contributed by atoms with Gasteiger partial charge in [-0.15, -0.1) is 0 Å². The van der Waals surface area contributed by atoms with Gasteiger partial charge < -0.3 is 19.7 Å². The van der Waals surface area contributed by atoms with Crippen molar-refractivity contribution in [3.05, 3.63) is 29.7 Å².